The van der Waals surface area contributed by atoms with Crippen LogP contribution >= 0.6 is 0 Å². The molecule has 0 N–H and O–H groups in total. The van der Waals surface area contributed by atoms with Crippen LogP contribution in [0, 0.1) is 12.8 Å². The Bertz CT molecular complexity index is 570. The Morgan fingerprint density at radius 3 is 2.95 bits per heavy atom. The van der Waals surface area contributed by atoms with Crippen molar-refractivity contribution in [2.24, 2.45) is 5.92 Å². The second-order valence-electron chi connectivity index (χ2n) is 6.10. The van der Waals surface area contributed by atoms with Crippen LogP contribution in [0.2, 0.25) is 0 Å². The zero-order chi connectivity index (χ0) is 13.4. The van der Waals surface area contributed by atoms with E-state index in [1.165, 1.54) is 30.8 Å². The molecule has 0 spiro atoms. The molecule has 1 fully saturated rings. The fourth-order valence-electron chi connectivity index (χ4n) is 3.10. The summed E-state index contributed by atoms with van der Waals surface area (Å²) in [4.78, 5) is 7.37. The SMILES string of the molecule is Cc1cccn2cc(CC3CCN(C(C)C)C3)nc12. The quantitative estimate of drug-likeness (QED) is 0.842. The van der Waals surface area contributed by atoms with Gasteiger partial charge in [0, 0.05) is 25.0 Å². The van der Waals surface area contributed by atoms with Crippen molar-refractivity contribution in [2.75, 3.05) is 13.1 Å². The molecule has 0 aliphatic carbocycles. The number of aryl methyl sites for hydroxylation is 1. The minimum Gasteiger partial charge on any atom is -0.307 e. The first kappa shape index (κ1) is 12.7. The Morgan fingerprint density at radius 1 is 1.42 bits per heavy atom. The van der Waals surface area contributed by atoms with Crippen molar-refractivity contribution in [3.05, 3.63) is 35.8 Å². The molecule has 1 unspecified atom stereocenters. The van der Waals surface area contributed by atoms with Crippen LogP contribution in [0.4, 0.5) is 0 Å². The highest BCUT2D eigenvalue weighted by Crippen LogP contribution is 2.22. The number of aromatic nitrogens is 2. The molecule has 3 rings (SSSR count). The van der Waals surface area contributed by atoms with Gasteiger partial charge in [0.15, 0.2) is 0 Å². The van der Waals surface area contributed by atoms with Crippen LogP contribution in [0.25, 0.3) is 5.65 Å². The van der Waals surface area contributed by atoms with E-state index in [2.05, 4.69) is 54.6 Å². The molecule has 0 aromatic carbocycles. The molecule has 2 aromatic heterocycles. The Hall–Kier alpha value is -1.35. The van der Waals surface area contributed by atoms with Gasteiger partial charge in [-0.05, 0) is 57.7 Å². The summed E-state index contributed by atoms with van der Waals surface area (Å²) in [5.74, 6) is 0.771. The Balaban J connectivity index is 1.74. The predicted octanol–water partition coefficient (Wildman–Crippen LogP) is 2.92. The molecule has 3 heteroatoms. The van der Waals surface area contributed by atoms with Gasteiger partial charge in [0.05, 0.1) is 5.69 Å². The molecule has 1 aliphatic heterocycles. The van der Waals surface area contributed by atoms with E-state index in [4.69, 9.17) is 4.98 Å². The van der Waals surface area contributed by atoms with Gasteiger partial charge in [-0.1, -0.05) is 6.07 Å². The van der Waals surface area contributed by atoms with Crippen molar-refractivity contribution in [2.45, 2.75) is 39.7 Å². The van der Waals surface area contributed by atoms with Gasteiger partial charge in [0.2, 0.25) is 0 Å². The van der Waals surface area contributed by atoms with E-state index in [1.54, 1.807) is 0 Å². The summed E-state index contributed by atoms with van der Waals surface area (Å²) in [6.07, 6.45) is 6.71. The maximum atomic E-state index is 4.79. The van der Waals surface area contributed by atoms with E-state index in [0.717, 1.165) is 18.0 Å². The summed E-state index contributed by atoms with van der Waals surface area (Å²) in [5, 5.41) is 0. The zero-order valence-corrected chi connectivity index (χ0v) is 12.1. The van der Waals surface area contributed by atoms with Crippen molar-refractivity contribution in [1.82, 2.24) is 14.3 Å². The standard InChI is InChI=1S/C16H23N3/c1-12(2)18-8-6-14(10-18)9-15-11-19-7-4-5-13(3)16(19)17-15/h4-5,7,11-12,14H,6,8-10H2,1-3H3. The minimum atomic E-state index is 0.674. The summed E-state index contributed by atoms with van der Waals surface area (Å²) < 4.78 is 2.15. The van der Waals surface area contributed by atoms with E-state index >= 15 is 0 Å². The summed E-state index contributed by atoms with van der Waals surface area (Å²) in [5.41, 5.74) is 3.60. The van der Waals surface area contributed by atoms with Crippen molar-refractivity contribution >= 4 is 5.65 Å². The fraction of sp³-hybridized carbons (Fsp3) is 0.562. The monoisotopic (exact) mass is 257 g/mol. The molecule has 0 saturated carbocycles. The molecule has 3 nitrogen and oxygen atoms in total. The maximum Gasteiger partial charge on any atom is 0.139 e. The van der Waals surface area contributed by atoms with Crippen LogP contribution < -0.4 is 0 Å². The summed E-state index contributed by atoms with van der Waals surface area (Å²) >= 11 is 0. The lowest BCUT2D eigenvalue weighted by molar-refractivity contribution is 0.265. The summed E-state index contributed by atoms with van der Waals surface area (Å²) in [6, 6.07) is 4.89. The van der Waals surface area contributed by atoms with Crippen molar-refractivity contribution in [3.63, 3.8) is 0 Å². The second-order valence-corrected chi connectivity index (χ2v) is 6.10. The maximum absolute atomic E-state index is 4.79. The first-order chi connectivity index (χ1) is 9.13. The average Bonchev–Trinajstić information content (AvgIpc) is 2.96. The average molecular weight is 257 g/mol. The van der Waals surface area contributed by atoms with Crippen LogP contribution in [0.15, 0.2) is 24.5 Å². The molecule has 19 heavy (non-hydrogen) atoms. The highest BCUT2D eigenvalue weighted by atomic mass is 15.2. The third kappa shape index (κ3) is 2.52. The van der Waals surface area contributed by atoms with Crippen LogP contribution in [-0.4, -0.2) is 33.4 Å². The van der Waals surface area contributed by atoms with Gasteiger partial charge in [-0.25, -0.2) is 4.98 Å². The lowest BCUT2D eigenvalue weighted by Gasteiger charge is -2.19. The Morgan fingerprint density at radius 2 is 2.26 bits per heavy atom. The molecular weight excluding hydrogens is 234 g/mol. The fourth-order valence-corrected chi connectivity index (χ4v) is 3.10. The molecule has 0 bridgehead atoms. The molecule has 0 amide bonds. The first-order valence-corrected chi connectivity index (χ1v) is 7.30. The Labute approximate surface area is 115 Å². The molecule has 2 aromatic rings. The van der Waals surface area contributed by atoms with Gasteiger partial charge >= 0.3 is 0 Å². The van der Waals surface area contributed by atoms with Gasteiger partial charge < -0.3 is 9.30 Å². The number of hydrogen-bond donors (Lipinski definition) is 0. The Kier molecular flexibility index (Phi) is 3.31. The topological polar surface area (TPSA) is 20.5 Å². The number of pyridine rings is 1. The number of rotatable bonds is 3. The van der Waals surface area contributed by atoms with Gasteiger partial charge in [0.25, 0.3) is 0 Å². The van der Waals surface area contributed by atoms with Crippen LogP contribution in [0.3, 0.4) is 0 Å². The molecule has 102 valence electrons. The van der Waals surface area contributed by atoms with E-state index in [-0.39, 0.29) is 0 Å². The predicted molar refractivity (Wildman–Crippen MR) is 78.4 cm³/mol. The third-order valence-corrected chi connectivity index (χ3v) is 4.27. The van der Waals surface area contributed by atoms with Crippen LogP contribution in [0.1, 0.15) is 31.5 Å². The molecule has 0 radical (unpaired) electrons. The number of fused-ring (bicyclic) bond motifs is 1. The van der Waals surface area contributed by atoms with Crippen LogP contribution in [-0.2, 0) is 6.42 Å². The van der Waals surface area contributed by atoms with Crippen molar-refractivity contribution < 1.29 is 0 Å². The molecular formula is C16H23N3. The van der Waals surface area contributed by atoms with E-state index in [0.29, 0.717) is 6.04 Å². The molecule has 1 saturated heterocycles. The molecule has 1 aliphatic rings. The number of nitrogens with zero attached hydrogens (tertiary/aromatic N) is 3. The first-order valence-electron chi connectivity index (χ1n) is 7.30. The van der Waals surface area contributed by atoms with Gasteiger partial charge in [0.1, 0.15) is 5.65 Å². The highest BCUT2D eigenvalue weighted by Gasteiger charge is 2.24. The van der Waals surface area contributed by atoms with Gasteiger partial charge in [-0.2, -0.15) is 0 Å². The number of hydrogen-bond acceptors (Lipinski definition) is 2. The van der Waals surface area contributed by atoms with Gasteiger partial charge in [-0.15, -0.1) is 0 Å². The lowest BCUT2D eigenvalue weighted by atomic mass is 10.0. The van der Waals surface area contributed by atoms with E-state index in [9.17, 15) is 0 Å². The molecule has 1 atom stereocenters. The molecule has 3 heterocycles. The summed E-state index contributed by atoms with van der Waals surface area (Å²) in [6.45, 7) is 9.18. The minimum absolute atomic E-state index is 0.674. The van der Waals surface area contributed by atoms with E-state index < -0.39 is 0 Å². The second kappa shape index (κ2) is 4.97. The smallest absolute Gasteiger partial charge is 0.139 e. The third-order valence-electron chi connectivity index (χ3n) is 4.27. The number of likely N-dealkylation sites (tertiary alicyclic amines) is 1. The number of imidazole rings is 1. The van der Waals surface area contributed by atoms with Gasteiger partial charge in [-0.3, -0.25) is 0 Å². The zero-order valence-electron chi connectivity index (χ0n) is 12.1. The van der Waals surface area contributed by atoms with E-state index in [1.807, 2.05) is 0 Å². The lowest BCUT2D eigenvalue weighted by Crippen LogP contribution is -2.28. The largest absolute Gasteiger partial charge is 0.307 e. The summed E-state index contributed by atoms with van der Waals surface area (Å²) in [7, 11) is 0. The van der Waals surface area contributed by atoms with Crippen molar-refractivity contribution in [1.29, 1.82) is 0 Å². The van der Waals surface area contributed by atoms with Crippen molar-refractivity contribution in [3.8, 4) is 0 Å². The highest BCUT2D eigenvalue weighted by molar-refractivity contribution is 5.47. The normalized spacial score (nSPS) is 20.7. The van der Waals surface area contributed by atoms with Crippen LogP contribution in [0.5, 0.6) is 0 Å².